The van der Waals surface area contributed by atoms with Gasteiger partial charge in [0, 0.05) is 12.5 Å². The van der Waals surface area contributed by atoms with Gasteiger partial charge in [0.15, 0.2) is 0 Å². The largest absolute Gasteiger partial charge is 0.356 e. The number of carbonyl (C=O) groups excluding carboxylic acids is 1. The van der Waals surface area contributed by atoms with Crippen molar-refractivity contribution in [2.75, 3.05) is 13.1 Å². The van der Waals surface area contributed by atoms with Crippen LogP contribution in [0.15, 0.2) is 0 Å². The van der Waals surface area contributed by atoms with Crippen molar-refractivity contribution in [3.05, 3.63) is 0 Å². The Balaban J connectivity index is 3.98. The van der Waals surface area contributed by atoms with Gasteiger partial charge in [0.25, 0.3) is 0 Å². The molecule has 3 nitrogen and oxygen atoms in total. The molecule has 1 atom stereocenters. The molecular formula is C10H22N2O. The van der Waals surface area contributed by atoms with E-state index in [9.17, 15) is 4.79 Å². The molecule has 0 spiro atoms. The predicted molar refractivity (Wildman–Crippen MR) is 55.3 cm³/mol. The molecule has 0 aromatic rings. The molecule has 0 aliphatic heterocycles. The van der Waals surface area contributed by atoms with E-state index < -0.39 is 0 Å². The van der Waals surface area contributed by atoms with Crippen LogP contribution in [0.3, 0.4) is 0 Å². The first-order valence-electron chi connectivity index (χ1n) is 5.09. The molecule has 0 aliphatic rings. The number of carbonyl (C=O) groups is 1. The molecule has 1 unspecified atom stereocenters. The fraction of sp³-hybridized carbons (Fsp3) is 0.900. The van der Waals surface area contributed by atoms with E-state index in [1.165, 1.54) is 0 Å². The second-order valence-electron chi connectivity index (χ2n) is 3.80. The second kappa shape index (κ2) is 6.89. The highest BCUT2D eigenvalue weighted by Crippen LogP contribution is 2.14. The van der Waals surface area contributed by atoms with Gasteiger partial charge in [-0.3, -0.25) is 4.79 Å². The van der Waals surface area contributed by atoms with E-state index in [1.807, 2.05) is 6.92 Å². The van der Waals surface area contributed by atoms with Gasteiger partial charge in [-0.05, 0) is 32.2 Å². The molecule has 0 saturated carbocycles. The summed E-state index contributed by atoms with van der Waals surface area (Å²) in [6, 6.07) is 0. The van der Waals surface area contributed by atoms with Crippen LogP contribution in [0.2, 0.25) is 0 Å². The Bertz CT molecular complexity index is 146. The standard InChI is InChI=1S/C10H22N2O/c1-4-12-10(13)9(5-6-11)7-8(2)3/h8-9H,4-7,11H2,1-3H3,(H,12,13). The lowest BCUT2D eigenvalue weighted by molar-refractivity contribution is -0.125. The van der Waals surface area contributed by atoms with E-state index >= 15 is 0 Å². The molecule has 0 radical (unpaired) electrons. The highest BCUT2D eigenvalue weighted by Gasteiger charge is 2.17. The van der Waals surface area contributed by atoms with E-state index in [2.05, 4.69) is 19.2 Å². The summed E-state index contributed by atoms with van der Waals surface area (Å²) in [5, 5.41) is 2.84. The minimum atomic E-state index is 0.102. The molecule has 0 bridgehead atoms. The van der Waals surface area contributed by atoms with Crippen LogP contribution in [0.4, 0.5) is 0 Å². The van der Waals surface area contributed by atoms with Gasteiger partial charge < -0.3 is 11.1 Å². The van der Waals surface area contributed by atoms with E-state index in [0.717, 1.165) is 12.8 Å². The molecule has 78 valence electrons. The SMILES string of the molecule is CCNC(=O)C(CCN)CC(C)C. The lowest BCUT2D eigenvalue weighted by Crippen LogP contribution is -2.32. The molecule has 13 heavy (non-hydrogen) atoms. The fourth-order valence-electron chi connectivity index (χ4n) is 1.44. The maximum atomic E-state index is 11.5. The summed E-state index contributed by atoms with van der Waals surface area (Å²) in [7, 11) is 0. The normalized spacial score (nSPS) is 13.0. The number of hydrogen-bond acceptors (Lipinski definition) is 2. The van der Waals surface area contributed by atoms with Crippen LogP contribution in [0.1, 0.15) is 33.6 Å². The highest BCUT2D eigenvalue weighted by atomic mass is 16.1. The van der Waals surface area contributed by atoms with Gasteiger partial charge in [-0.1, -0.05) is 13.8 Å². The lowest BCUT2D eigenvalue weighted by atomic mass is 9.93. The Labute approximate surface area is 81.1 Å². The van der Waals surface area contributed by atoms with E-state index in [4.69, 9.17) is 5.73 Å². The van der Waals surface area contributed by atoms with Crippen molar-refractivity contribution in [2.45, 2.75) is 33.6 Å². The van der Waals surface area contributed by atoms with E-state index in [0.29, 0.717) is 19.0 Å². The summed E-state index contributed by atoms with van der Waals surface area (Å²) in [6.07, 6.45) is 1.73. The van der Waals surface area contributed by atoms with Crippen molar-refractivity contribution in [3.8, 4) is 0 Å². The number of rotatable bonds is 6. The summed E-state index contributed by atoms with van der Waals surface area (Å²) >= 11 is 0. The molecule has 0 saturated heterocycles. The van der Waals surface area contributed by atoms with Crippen LogP contribution in [-0.2, 0) is 4.79 Å². The zero-order valence-corrected chi connectivity index (χ0v) is 8.97. The van der Waals surface area contributed by atoms with Crippen LogP contribution in [-0.4, -0.2) is 19.0 Å². The maximum absolute atomic E-state index is 11.5. The highest BCUT2D eigenvalue weighted by molar-refractivity contribution is 5.78. The number of nitrogens with two attached hydrogens (primary N) is 1. The van der Waals surface area contributed by atoms with Crippen LogP contribution >= 0.6 is 0 Å². The molecule has 0 heterocycles. The third-order valence-electron chi connectivity index (χ3n) is 1.99. The van der Waals surface area contributed by atoms with Gasteiger partial charge in [0.2, 0.25) is 5.91 Å². The van der Waals surface area contributed by atoms with Crippen molar-refractivity contribution in [3.63, 3.8) is 0 Å². The topological polar surface area (TPSA) is 55.1 Å². The molecule has 0 aliphatic carbocycles. The van der Waals surface area contributed by atoms with Crippen LogP contribution in [0.25, 0.3) is 0 Å². The molecule has 0 aromatic heterocycles. The minimum absolute atomic E-state index is 0.102. The van der Waals surface area contributed by atoms with Crippen molar-refractivity contribution in [1.29, 1.82) is 0 Å². The smallest absolute Gasteiger partial charge is 0.223 e. The van der Waals surface area contributed by atoms with Gasteiger partial charge in [-0.2, -0.15) is 0 Å². The zero-order valence-electron chi connectivity index (χ0n) is 8.97. The lowest BCUT2D eigenvalue weighted by Gasteiger charge is -2.17. The van der Waals surface area contributed by atoms with Gasteiger partial charge in [0.05, 0.1) is 0 Å². The third-order valence-corrected chi connectivity index (χ3v) is 1.99. The van der Waals surface area contributed by atoms with Gasteiger partial charge in [-0.25, -0.2) is 0 Å². The molecule has 0 aromatic carbocycles. The molecule has 3 N–H and O–H groups in total. The van der Waals surface area contributed by atoms with Crippen molar-refractivity contribution in [1.82, 2.24) is 5.32 Å². The fourth-order valence-corrected chi connectivity index (χ4v) is 1.44. The van der Waals surface area contributed by atoms with Crippen LogP contribution in [0.5, 0.6) is 0 Å². The van der Waals surface area contributed by atoms with E-state index in [1.54, 1.807) is 0 Å². The van der Waals surface area contributed by atoms with Crippen LogP contribution < -0.4 is 11.1 Å². The summed E-state index contributed by atoms with van der Waals surface area (Å²) in [6.45, 7) is 7.49. The van der Waals surface area contributed by atoms with Crippen molar-refractivity contribution in [2.24, 2.45) is 17.6 Å². The summed E-state index contributed by atoms with van der Waals surface area (Å²) in [5.74, 6) is 0.811. The third kappa shape index (κ3) is 5.64. The summed E-state index contributed by atoms with van der Waals surface area (Å²) in [5.41, 5.74) is 5.46. The summed E-state index contributed by atoms with van der Waals surface area (Å²) < 4.78 is 0. The monoisotopic (exact) mass is 186 g/mol. The van der Waals surface area contributed by atoms with Gasteiger partial charge in [-0.15, -0.1) is 0 Å². The van der Waals surface area contributed by atoms with Gasteiger partial charge >= 0.3 is 0 Å². The van der Waals surface area contributed by atoms with Gasteiger partial charge in [0.1, 0.15) is 0 Å². The summed E-state index contributed by atoms with van der Waals surface area (Å²) in [4.78, 5) is 11.5. The first kappa shape index (κ1) is 12.4. The first-order valence-corrected chi connectivity index (χ1v) is 5.09. The first-order chi connectivity index (χ1) is 6.11. The Kier molecular flexibility index (Phi) is 6.59. The predicted octanol–water partition coefficient (Wildman–Crippen LogP) is 1.13. The number of nitrogens with one attached hydrogen (secondary N) is 1. The Hall–Kier alpha value is -0.570. The Morgan fingerprint density at radius 1 is 1.46 bits per heavy atom. The second-order valence-corrected chi connectivity index (χ2v) is 3.80. The molecule has 3 heteroatoms. The number of hydrogen-bond donors (Lipinski definition) is 2. The number of amides is 1. The Morgan fingerprint density at radius 3 is 2.46 bits per heavy atom. The molecule has 1 amide bonds. The van der Waals surface area contributed by atoms with Crippen molar-refractivity contribution < 1.29 is 4.79 Å². The minimum Gasteiger partial charge on any atom is -0.356 e. The molecule has 0 fully saturated rings. The van der Waals surface area contributed by atoms with E-state index in [-0.39, 0.29) is 11.8 Å². The average Bonchev–Trinajstić information content (AvgIpc) is 2.03. The molecular weight excluding hydrogens is 164 g/mol. The Morgan fingerprint density at radius 2 is 2.08 bits per heavy atom. The molecule has 0 rings (SSSR count). The average molecular weight is 186 g/mol. The van der Waals surface area contributed by atoms with Crippen LogP contribution in [0, 0.1) is 11.8 Å². The maximum Gasteiger partial charge on any atom is 0.223 e. The van der Waals surface area contributed by atoms with Crippen molar-refractivity contribution >= 4 is 5.91 Å². The quantitative estimate of drug-likeness (QED) is 0.653. The zero-order chi connectivity index (χ0) is 10.3.